The van der Waals surface area contributed by atoms with E-state index < -0.39 is 0 Å². The van der Waals surface area contributed by atoms with E-state index in [9.17, 15) is 5.11 Å². The lowest BCUT2D eigenvalue weighted by molar-refractivity contribution is 0.122. The smallest absolute Gasteiger partial charge is 0.0536 e. The minimum absolute atomic E-state index is 0.111. The Bertz CT molecular complexity index is 556. The van der Waals surface area contributed by atoms with Crippen LogP contribution in [-0.2, 0) is 4.74 Å². The lowest BCUT2D eigenvalue weighted by atomic mass is 9.84. The van der Waals surface area contributed by atoms with Crippen LogP contribution in [0.4, 0.5) is 0 Å². The maximum atomic E-state index is 9.29. The molecule has 3 nitrogen and oxygen atoms in total. The number of ether oxygens (including phenoxy) is 1. The van der Waals surface area contributed by atoms with Gasteiger partial charge in [-0.05, 0) is 37.3 Å². The molecule has 0 bridgehead atoms. The van der Waals surface area contributed by atoms with Crippen molar-refractivity contribution in [1.82, 2.24) is 5.32 Å². The third kappa shape index (κ3) is 3.29. The van der Waals surface area contributed by atoms with E-state index in [4.69, 9.17) is 4.74 Å². The normalized spacial score (nSPS) is 23.7. The van der Waals surface area contributed by atoms with Crippen molar-refractivity contribution in [3.8, 4) is 0 Å². The Balaban J connectivity index is 1.66. The summed E-state index contributed by atoms with van der Waals surface area (Å²) in [5, 5.41) is 14.3. The summed E-state index contributed by atoms with van der Waals surface area (Å²) in [4.78, 5) is 1.37. The molecule has 0 aliphatic carbocycles. The highest BCUT2D eigenvalue weighted by Gasteiger charge is 2.34. The van der Waals surface area contributed by atoms with Gasteiger partial charge in [0.1, 0.15) is 0 Å². The molecule has 0 radical (unpaired) electrons. The second-order valence-corrected chi connectivity index (χ2v) is 7.18. The number of rotatable bonds is 6. The number of hydrogen-bond donors (Lipinski definition) is 2. The van der Waals surface area contributed by atoms with Crippen molar-refractivity contribution in [2.24, 2.45) is 5.41 Å². The van der Waals surface area contributed by atoms with Crippen LogP contribution in [0.15, 0.2) is 30.3 Å². The topological polar surface area (TPSA) is 41.5 Å². The third-order valence-electron chi connectivity index (χ3n) is 4.48. The number of nitrogens with one attached hydrogen (secondary N) is 1. The van der Waals surface area contributed by atoms with Gasteiger partial charge in [-0.2, -0.15) is 0 Å². The molecule has 2 aromatic rings. The summed E-state index contributed by atoms with van der Waals surface area (Å²) in [5.41, 5.74) is 0.111. The number of fused-ring (bicyclic) bond motifs is 1. The van der Waals surface area contributed by atoms with E-state index >= 15 is 0 Å². The van der Waals surface area contributed by atoms with Crippen LogP contribution in [0, 0.1) is 5.41 Å². The van der Waals surface area contributed by atoms with Crippen LogP contribution < -0.4 is 5.32 Å². The van der Waals surface area contributed by atoms with Crippen LogP contribution in [0.1, 0.15) is 30.7 Å². The second-order valence-electron chi connectivity index (χ2n) is 6.07. The molecular weight excluding hydrogens is 282 g/mol. The fourth-order valence-corrected chi connectivity index (χ4v) is 4.09. The summed E-state index contributed by atoms with van der Waals surface area (Å²) < 4.78 is 6.89. The first-order valence-electron chi connectivity index (χ1n) is 7.63. The van der Waals surface area contributed by atoms with Crippen LogP contribution >= 0.6 is 11.3 Å². The Kier molecular flexibility index (Phi) is 4.60. The molecule has 1 aliphatic rings. The lowest BCUT2D eigenvalue weighted by Gasteiger charge is -2.28. The van der Waals surface area contributed by atoms with E-state index in [0.717, 1.165) is 32.6 Å². The van der Waals surface area contributed by atoms with Gasteiger partial charge in [0, 0.05) is 40.8 Å². The van der Waals surface area contributed by atoms with Gasteiger partial charge in [0.05, 0.1) is 6.61 Å². The fourth-order valence-electron chi connectivity index (χ4n) is 3.00. The highest BCUT2D eigenvalue weighted by atomic mass is 32.1. The average molecular weight is 305 g/mol. The molecule has 1 saturated heterocycles. The van der Waals surface area contributed by atoms with Crippen LogP contribution in [0.25, 0.3) is 10.1 Å². The maximum absolute atomic E-state index is 9.29. The minimum Gasteiger partial charge on any atom is -0.396 e. The molecule has 4 heteroatoms. The summed E-state index contributed by atoms with van der Waals surface area (Å²) in [5.74, 6) is 0. The average Bonchev–Trinajstić information content (AvgIpc) is 3.12. The van der Waals surface area contributed by atoms with Crippen LogP contribution in [0.2, 0.25) is 0 Å². The standard InChI is InChI=1S/C17H23NO2S/c1-13(16-10-14-4-2-3-5-15(14)21-16)18-11-17(6-8-19)7-9-20-12-17/h2-5,10,13,18-19H,6-9,11-12H2,1H3/t13-,17+/m1/s1. The van der Waals surface area contributed by atoms with Crippen molar-refractivity contribution in [1.29, 1.82) is 0 Å². The summed E-state index contributed by atoms with van der Waals surface area (Å²) in [6.45, 7) is 4.94. The third-order valence-corrected chi connectivity index (χ3v) is 5.78. The molecule has 1 aliphatic heterocycles. The van der Waals surface area contributed by atoms with Crippen molar-refractivity contribution in [3.63, 3.8) is 0 Å². The van der Waals surface area contributed by atoms with Crippen LogP contribution in [-0.4, -0.2) is 31.5 Å². The molecule has 0 saturated carbocycles. The molecule has 3 rings (SSSR count). The highest BCUT2D eigenvalue weighted by Crippen LogP contribution is 2.34. The van der Waals surface area contributed by atoms with E-state index in [0.29, 0.717) is 6.04 Å². The zero-order valence-electron chi connectivity index (χ0n) is 12.5. The SMILES string of the molecule is C[C@@H](NC[C@]1(CCO)CCOC1)c1cc2ccccc2s1. The van der Waals surface area contributed by atoms with Gasteiger partial charge < -0.3 is 15.2 Å². The van der Waals surface area contributed by atoms with Crippen molar-refractivity contribution >= 4 is 21.4 Å². The van der Waals surface area contributed by atoms with E-state index in [1.54, 1.807) is 0 Å². The summed E-state index contributed by atoms with van der Waals surface area (Å²) in [7, 11) is 0. The number of thiophene rings is 1. The predicted octanol–water partition coefficient (Wildman–Crippen LogP) is 3.34. The Morgan fingerprint density at radius 3 is 3.00 bits per heavy atom. The molecule has 1 aromatic carbocycles. The van der Waals surface area contributed by atoms with Crippen LogP contribution in [0.5, 0.6) is 0 Å². The quantitative estimate of drug-likeness (QED) is 0.860. The molecule has 1 aromatic heterocycles. The molecule has 1 fully saturated rings. The Labute approximate surface area is 129 Å². The summed E-state index contributed by atoms with van der Waals surface area (Å²) >= 11 is 1.86. The van der Waals surface area contributed by atoms with Gasteiger partial charge in [-0.25, -0.2) is 0 Å². The van der Waals surface area contributed by atoms with E-state index in [1.807, 2.05) is 11.3 Å². The van der Waals surface area contributed by atoms with Crippen molar-refractivity contribution < 1.29 is 9.84 Å². The second kappa shape index (κ2) is 6.44. The molecule has 2 N–H and O–H groups in total. The van der Waals surface area contributed by atoms with Crippen molar-refractivity contribution in [2.75, 3.05) is 26.4 Å². The summed E-state index contributed by atoms with van der Waals surface area (Å²) in [6, 6.07) is 11.1. The zero-order valence-corrected chi connectivity index (χ0v) is 13.3. The Hall–Kier alpha value is -0.940. The number of hydrogen-bond acceptors (Lipinski definition) is 4. The largest absolute Gasteiger partial charge is 0.396 e. The fraction of sp³-hybridized carbons (Fsp3) is 0.529. The molecule has 0 amide bonds. The Morgan fingerprint density at radius 2 is 2.29 bits per heavy atom. The van der Waals surface area contributed by atoms with Crippen molar-refractivity contribution in [2.45, 2.75) is 25.8 Å². The zero-order chi connectivity index (χ0) is 14.7. The molecule has 2 heterocycles. The number of aliphatic hydroxyl groups is 1. The van der Waals surface area contributed by atoms with Gasteiger partial charge in [0.2, 0.25) is 0 Å². The van der Waals surface area contributed by atoms with Crippen molar-refractivity contribution in [3.05, 3.63) is 35.2 Å². The molecule has 21 heavy (non-hydrogen) atoms. The monoisotopic (exact) mass is 305 g/mol. The molecule has 0 unspecified atom stereocenters. The van der Waals surface area contributed by atoms with Crippen LogP contribution in [0.3, 0.4) is 0 Å². The van der Waals surface area contributed by atoms with Gasteiger partial charge in [-0.3, -0.25) is 0 Å². The van der Waals surface area contributed by atoms with Gasteiger partial charge in [-0.15, -0.1) is 11.3 Å². The first-order valence-corrected chi connectivity index (χ1v) is 8.45. The highest BCUT2D eigenvalue weighted by molar-refractivity contribution is 7.19. The molecule has 2 atom stereocenters. The predicted molar refractivity (Wildman–Crippen MR) is 87.8 cm³/mol. The molecule has 0 spiro atoms. The molecular formula is C17H23NO2S. The Morgan fingerprint density at radius 1 is 1.43 bits per heavy atom. The first-order chi connectivity index (χ1) is 10.2. The number of aliphatic hydroxyl groups excluding tert-OH is 1. The summed E-state index contributed by atoms with van der Waals surface area (Å²) in [6.07, 6.45) is 1.86. The van der Waals surface area contributed by atoms with E-state index in [-0.39, 0.29) is 12.0 Å². The van der Waals surface area contributed by atoms with Gasteiger partial charge >= 0.3 is 0 Å². The van der Waals surface area contributed by atoms with E-state index in [1.165, 1.54) is 15.0 Å². The van der Waals surface area contributed by atoms with E-state index in [2.05, 4.69) is 42.6 Å². The van der Waals surface area contributed by atoms with Gasteiger partial charge in [0.25, 0.3) is 0 Å². The molecule has 114 valence electrons. The lowest BCUT2D eigenvalue weighted by Crippen LogP contribution is -2.36. The van der Waals surface area contributed by atoms with Gasteiger partial charge in [-0.1, -0.05) is 18.2 Å². The number of benzene rings is 1. The maximum Gasteiger partial charge on any atom is 0.0536 e. The minimum atomic E-state index is 0.111. The first kappa shape index (κ1) is 15.0. The van der Waals surface area contributed by atoms with Gasteiger partial charge in [0.15, 0.2) is 0 Å².